The average Bonchev–Trinajstić information content (AvgIpc) is 1.89. The molecule has 0 aromatic heterocycles. The van der Waals surface area contributed by atoms with Crippen LogP contribution in [0.1, 0.15) is 26.2 Å². The van der Waals surface area contributed by atoms with Crippen molar-refractivity contribution in [1.82, 2.24) is 5.32 Å². The number of hydrogen-bond donors (Lipinski definition) is 2. The molecule has 0 aliphatic rings. The second kappa shape index (κ2) is 16.8. The Morgan fingerprint density at radius 3 is 2.18 bits per heavy atom. The Balaban J connectivity index is -0.000000320. The molecule has 0 aliphatic heterocycles. The van der Waals surface area contributed by atoms with Gasteiger partial charge in [0.15, 0.2) is 0 Å². The molecular formula is C7H20Cl2N2. The number of rotatable bonds is 6. The van der Waals surface area contributed by atoms with E-state index in [0.717, 1.165) is 26.1 Å². The van der Waals surface area contributed by atoms with E-state index in [-0.39, 0.29) is 24.8 Å². The molecular weight excluding hydrogens is 183 g/mol. The standard InChI is InChI=1S/C7H18N2.2ClH/c1-2-6-9-7-4-3-5-8;;/h9H,2-8H2,1H3;2*1H. The van der Waals surface area contributed by atoms with Gasteiger partial charge in [-0.25, -0.2) is 0 Å². The molecule has 0 heterocycles. The first-order valence-corrected chi connectivity index (χ1v) is 3.82. The summed E-state index contributed by atoms with van der Waals surface area (Å²) in [4.78, 5) is 0. The van der Waals surface area contributed by atoms with Crippen molar-refractivity contribution in [3.8, 4) is 0 Å². The van der Waals surface area contributed by atoms with Gasteiger partial charge in [0, 0.05) is 0 Å². The molecule has 0 spiro atoms. The van der Waals surface area contributed by atoms with Crippen molar-refractivity contribution in [2.75, 3.05) is 19.6 Å². The first-order chi connectivity index (χ1) is 4.41. The molecule has 0 aliphatic carbocycles. The van der Waals surface area contributed by atoms with Crippen molar-refractivity contribution >= 4 is 24.8 Å². The predicted molar refractivity (Wildman–Crippen MR) is 55.9 cm³/mol. The molecule has 4 heteroatoms. The highest BCUT2D eigenvalue weighted by Crippen LogP contribution is 1.81. The third-order valence-electron chi connectivity index (χ3n) is 1.23. The summed E-state index contributed by atoms with van der Waals surface area (Å²) < 4.78 is 0. The molecule has 0 saturated carbocycles. The third-order valence-corrected chi connectivity index (χ3v) is 1.23. The molecule has 0 amide bonds. The molecule has 0 radical (unpaired) electrons. The lowest BCUT2D eigenvalue weighted by molar-refractivity contribution is 0.621. The first kappa shape index (κ1) is 17.5. The maximum atomic E-state index is 5.32. The minimum atomic E-state index is 0. The highest BCUT2D eigenvalue weighted by Gasteiger charge is 1.83. The van der Waals surface area contributed by atoms with Gasteiger partial charge in [0.25, 0.3) is 0 Å². The summed E-state index contributed by atoms with van der Waals surface area (Å²) >= 11 is 0. The van der Waals surface area contributed by atoms with E-state index >= 15 is 0 Å². The van der Waals surface area contributed by atoms with Gasteiger partial charge in [-0.05, 0) is 38.9 Å². The Hall–Kier alpha value is 0.500. The van der Waals surface area contributed by atoms with E-state index in [0.29, 0.717) is 0 Å². The van der Waals surface area contributed by atoms with Crippen LogP contribution >= 0.6 is 24.8 Å². The number of unbranched alkanes of at least 4 members (excludes halogenated alkanes) is 1. The highest BCUT2D eigenvalue weighted by molar-refractivity contribution is 5.85. The zero-order chi connectivity index (χ0) is 6.95. The quantitative estimate of drug-likeness (QED) is 0.643. The predicted octanol–water partition coefficient (Wildman–Crippen LogP) is 1.57. The van der Waals surface area contributed by atoms with Crippen LogP contribution in [-0.2, 0) is 0 Å². The van der Waals surface area contributed by atoms with Gasteiger partial charge in [0.05, 0.1) is 0 Å². The van der Waals surface area contributed by atoms with Crippen LogP contribution in [0.5, 0.6) is 0 Å². The van der Waals surface area contributed by atoms with E-state index in [1.54, 1.807) is 0 Å². The van der Waals surface area contributed by atoms with E-state index in [4.69, 9.17) is 5.73 Å². The Bertz CT molecular complexity index is 47.7. The van der Waals surface area contributed by atoms with E-state index < -0.39 is 0 Å². The normalized spacial score (nSPS) is 8.18. The SMILES string of the molecule is CCCNCCCCN.Cl.Cl. The highest BCUT2D eigenvalue weighted by atomic mass is 35.5. The van der Waals surface area contributed by atoms with Crippen molar-refractivity contribution < 1.29 is 0 Å². The van der Waals surface area contributed by atoms with Crippen LogP contribution in [0.4, 0.5) is 0 Å². The van der Waals surface area contributed by atoms with Crippen LogP contribution in [-0.4, -0.2) is 19.6 Å². The van der Waals surface area contributed by atoms with Crippen molar-refractivity contribution in [3.63, 3.8) is 0 Å². The lowest BCUT2D eigenvalue weighted by atomic mass is 10.3. The third kappa shape index (κ3) is 18.0. The number of halogens is 2. The lowest BCUT2D eigenvalue weighted by Crippen LogP contribution is -2.16. The van der Waals surface area contributed by atoms with E-state index in [2.05, 4.69) is 12.2 Å². The van der Waals surface area contributed by atoms with Gasteiger partial charge in [-0.1, -0.05) is 6.92 Å². The summed E-state index contributed by atoms with van der Waals surface area (Å²) in [5.74, 6) is 0. The topological polar surface area (TPSA) is 38.0 Å². The van der Waals surface area contributed by atoms with Gasteiger partial charge in [-0.3, -0.25) is 0 Å². The van der Waals surface area contributed by atoms with Gasteiger partial charge in [0.2, 0.25) is 0 Å². The molecule has 0 fully saturated rings. The molecule has 0 aromatic rings. The summed E-state index contributed by atoms with van der Waals surface area (Å²) in [5.41, 5.74) is 5.32. The van der Waals surface area contributed by atoms with Gasteiger partial charge < -0.3 is 11.1 Å². The van der Waals surface area contributed by atoms with E-state index in [1.165, 1.54) is 12.8 Å². The fraction of sp³-hybridized carbons (Fsp3) is 1.00. The van der Waals surface area contributed by atoms with E-state index in [9.17, 15) is 0 Å². The Kier molecular flexibility index (Phi) is 26.9. The lowest BCUT2D eigenvalue weighted by Gasteiger charge is -1.99. The van der Waals surface area contributed by atoms with Crippen molar-refractivity contribution in [2.24, 2.45) is 5.73 Å². The zero-order valence-corrected chi connectivity index (χ0v) is 8.77. The van der Waals surface area contributed by atoms with Gasteiger partial charge >= 0.3 is 0 Å². The largest absolute Gasteiger partial charge is 0.330 e. The van der Waals surface area contributed by atoms with Crippen LogP contribution in [0.15, 0.2) is 0 Å². The molecule has 0 saturated heterocycles. The molecule has 11 heavy (non-hydrogen) atoms. The smallest absolute Gasteiger partial charge is 0.00485 e. The summed E-state index contributed by atoms with van der Waals surface area (Å²) in [6.07, 6.45) is 3.59. The zero-order valence-electron chi connectivity index (χ0n) is 7.14. The molecule has 0 rings (SSSR count). The van der Waals surface area contributed by atoms with Crippen molar-refractivity contribution in [1.29, 1.82) is 0 Å². The summed E-state index contributed by atoms with van der Waals surface area (Å²) in [6.45, 7) is 5.28. The van der Waals surface area contributed by atoms with Crippen LogP contribution in [0.25, 0.3) is 0 Å². The fourth-order valence-electron chi connectivity index (χ4n) is 0.696. The van der Waals surface area contributed by atoms with Crippen molar-refractivity contribution in [3.05, 3.63) is 0 Å². The molecule has 0 atom stereocenters. The first-order valence-electron chi connectivity index (χ1n) is 3.82. The number of nitrogens with two attached hydrogens (primary N) is 1. The maximum absolute atomic E-state index is 5.32. The van der Waals surface area contributed by atoms with Crippen LogP contribution in [0, 0.1) is 0 Å². The maximum Gasteiger partial charge on any atom is -0.00485 e. The van der Waals surface area contributed by atoms with Gasteiger partial charge in [-0.15, -0.1) is 24.8 Å². The molecule has 72 valence electrons. The molecule has 0 bridgehead atoms. The van der Waals surface area contributed by atoms with Crippen LogP contribution in [0.2, 0.25) is 0 Å². The average molecular weight is 203 g/mol. The molecule has 0 aromatic carbocycles. The number of nitrogens with one attached hydrogen (secondary N) is 1. The second-order valence-corrected chi connectivity index (χ2v) is 2.25. The van der Waals surface area contributed by atoms with Crippen LogP contribution < -0.4 is 11.1 Å². The Labute approximate surface area is 82.1 Å². The minimum absolute atomic E-state index is 0. The van der Waals surface area contributed by atoms with Gasteiger partial charge in [0.1, 0.15) is 0 Å². The summed E-state index contributed by atoms with van der Waals surface area (Å²) in [6, 6.07) is 0. The molecule has 2 nitrogen and oxygen atoms in total. The molecule has 0 unspecified atom stereocenters. The number of hydrogen-bond acceptors (Lipinski definition) is 2. The van der Waals surface area contributed by atoms with E-state index in [1.807, 2.05) is 0 Å². The van der Waals surface area contributed by atoms with Crippen molar-refractivity contribution in [2.45, 2.75) is 26.2 Å². The second-order valence-electron chi connectivity index (χ2n) is 2.25. The minimum Gasteiger partial charge on any atom is -0.330 e. The fourth-order valence-corrected chi connectivity index (χ4v) is 0.696. The van der Waals surface area contributed by atoms with Gasteiger partial charge in [-0.2, -0.15) is 0 Å². The monoisotopic (exact) mass is 202 g/mol. The van der Waals surface area contributed by atoms with Crippen LogP contribution in [0.3, 0.4) is 0 Å². The molecule has 3 N–H and O–H groups in total. The Morgan fingerprint density at radius 1 is 1.09 bits per heavy atom. The summed E-state index contributed by atoms with van der Waals surface area (Å²) in [5, 5.41) is 3.31. The Morgan fingerprint density at radius 2 is 1.73 bits per heavy atom. The summed E-state index contributed by atoms with van der Waals surface area (Å²) in [7, 11) is 0.